The minimum Gasteiger partial charge on any atom is -0.159 e. The Kier molecular flexibility index (Phi) is 2.69. The summed E-state index contributed by atoms with van der Waals surface area (Å²) in [5.74, 6) is 0.444. The van der Waals surface area contributed by atoms with E-state index in [2.05, 4.69) is 44.0 Å². The SMILES string of the molecule is Cc1cnnc(C(C)C(C)(C)C)c1. The normalized spacial score (nSPS) is 14.2. The molecule has 2 heteroatoms. The van der Waals surface area contributed by atoms with Crippen LogP contribution in [0.3, 0.4) is 0 Å². The third kappa shape index (κ3) is 2.51. The summed E-state index contributed by atoms with van der Waals surface area (Å²) in [6.07, 6.45) is 1.79. The first-order chi connectivity index (χ1) is 5.91. The van der Waals surface area contributed by atoms with Gasteiger partial charge in [-0.25, -0.2) is 0 Å². The smallest absolute Gasteiger partial charge is 0.0667 e. The van der Waals surface area contributed by atoms with Crippen LogP contribution in [0.1, 0.15) is 44.9 Å². The zero-order valence-electron chi connectivity index (χ0n) is 9.13. The number of hydrogen-bond donors (Lipinski definition) is 0. The largest absolute Gasteiger partial charge is 0.159 e. The number of hydrogen-bond acceptors (Lipinski definition) is 2. The number of nitrogens with zero attached hydrogens (tertiary/aromatic N) is 2. The number of aryl methyl sites for hydroxylation is 1. The van der Waals surface area contributed by atoms with Gasteiger partial charge in [0.1, 0.15) is 0 Å². The van der Waals surface area contributed by atoms with E-state index in [0.717, 1.165) is 5.69 Å². The molecule has 1 aromatic heterocycles. The molecule has 1 unspecified atom stereocenters. The summed E-state index contributed by atoms with van der Waals surface area (Å²) < 4.78 is 0. The van der Waals surface area contributed by atoms with Gasteiger partial charge in [-0.05, 0) is 24.0 Å². The molecule has 0 spiro atoms. The monoisotopic (exact) mass is 178 g/mol. The maximum absolute atomic E-state index is 4.16. The van der Waals surface area contributed by atoms with E-state index in [9.17, 15) is 0 Å². The van der Waals surface area contributed by atoms with Gasteiger partial charge in [0, 0.05) is 5.92 Å². The summed E-state index contributed by atoms with van der Waals surface area (Å²) in [4.78, 5) is 0. The van der Waals surface area contributed by atoms with Gasteiger partial charge in [0.25, 0.3) is 0 Å². The average molecular weight is 178 g/mol. The molecular formula is C11H18N2. The third-order valence-corrected chi connectivity index (χ3v) is 2.55. The first-order valence-corrected chi connectivity index (χ1v) is 4.70. The molecule has 0 saturated heterocycles. The highest BCUT2D eigenvalue weighted by molar-refractivity contribution is 5.15. The summed E-state index contributed by atoms with van der Waals surface area (Å²) in [5, 5.41) is 8.12. The van der Waals surface area contributed by atoms with Gasteiger partial charge in [0.15, 0.2) is 0 Å². The lowest BCUT2D eigenvalue weighted by atomic mass is 9.80. The first-order valence-electron chi connectivity index (χ1n) is 4.70. The molecule has 0 aliphatic rings. The summed E-state index contributed by atoms with van der Waals surface area (Å²) in [7, 11) is 0. The van der Waals surface area contributed by atoms with E-state index in [4.69, 9.17) is 0 Å². The van der Waals surface area contributed by atoms with Gasteiger partial charge in [-0.3, -0.25) is 0 Å². The van der Waals surface area contributed by atoms with Crippen LogP contribution in [0.5, 0.6) is 0 Å². The highest BCUT2D eigenvalue weighted by Gasteiger charge is 2.22. The minimum atomic E-state index is 0.252. The topological polar surface area (TPSA) is 25.8 Å². The van der Waals surface area contributed by atoms with E-state index >= 15 is 0 Å². The zero-order valence-corrected chi connectivity index (χ0v) is 9.13. The summed E-state index contributed by atoms with van der Waals surface area (Å²) in [5.41, 5.74) is 2.52. The van der Waals surface area contributed by atoms with Crippen molar-refractivity contribution in [2.75, 3.05) is 0 Å². The second-order valence-corrected chi connectivity index (χ2v) is 4.75. The van der Waals surface area contributed by atoms with Crippen molar-refractivity contribution in [3.63, 3.8) is 0 Å². The van der Waals surface area contributed by atoms with E-state index in [1.54, 1.807) is 6.20 Å². The maximum atomic E-state index is 4.16. The maximum Gasteiger partial charge on any atom is 0.0667 e. The molecule has 0 amide bonds. The molecule has 0 saturated carbocycles. The molecule has 1 heterocycles. The average Bonchev–Trinajstić information content (AvgIpc) is 2.01. The van der Waals surface area contributed by atoms with Crippen molar-refractivity contribution in [1.82, 2.24) is 10.2 Å². The Labute approximate surface area is 80.4 Å². The standard InChI is InChI=1S/C11H18N2/c1-8-6-10(13-12-7-8)9(2)11(3,4)5/h6-7,9H,1-5H3. The van der Waals surface area contributed by atoms with Gasteiger partial charge in [0.05, 0.1) is 11.9 Å². The highest BCUT2D eigenvalue weighted by atomic mass is 15.1. The Morgan fingerprint density at radius 2 is 1.92 bits per heavy atom. The van der Waals surface area contributed by atoms with Crippen molar-refractivity contribution in [3.8, 4) is 0 Å². The Bertz CT molecular complexity index is 286. The van der Waals surface area contributed by atoms with Crippen LogP contribution in [-0.2, 0) is 0 Å². The molecule has 0 radical (unpaired) electrons. The minimum absolute atomic E-state index is 0.252. The molecule has 2 nitrogen and oxygen atoms in total. The van der Waals surface area contributed by atoms with Crippen molar-refractivity contribution < 1.29 is 0 Å². The quantitative estimate of drug-likeness (QED) is 0.660. The van der Waals surface area contributed by atoms with E-state index in [-0.39, 0.29) is 5.41 Å². The zero-order chi connectivity index (χ0) is 10.1. The lowest BCUT2D eigenvalue weighted by Gasteiger charge is -2.26. The van der Waals surface area contributed by atoms with Crippen LogP contribution in [0.15, 0.2) is 12.3 Å². The van der Waals surface area contributed by atoms with Crippen molar-refractivity contribution in [3.05, 3.63) is 23.5 Å². The molecule has 0 N–H and O–H groups in total. The molecule has 0 bridgehead atoms. The predicted octanol–water partition coefficient (Wildman–Crippen LogP) is 2.93. The second-order valence-electron chi connectivity index (χ2n) is 4.75. The van der Waals surface area contributed by atoms with Crippen LogP contribution in [0.25, 0.3) is 0 Å². The van der Waals surface area contributed by atoms with E-state index in [0.29, 0.717) is 5.92 Å². The first kappa shape index (κ1) is 10.2. The molecule has 1 aromatic rings. The molecule has 1 atom stereocenters. The van der Waals surface area contributed by atoms with Crippen LogP contribution in [0.2, 0.25) is 0 Å². The summed E-state index contributed by atoms with van der Waals surface area (Å²) in [6.45, 7) is 10.9. The Morgan fingerprint density at radius 1 is 1.31 bits per heavy atom. The number of aromatic nitrogens is 2. The van der Waals surface area contributed by atoms with Gasteiger partial charge in [-0.15, -0.1) is 0 Å². The Morgan fingerprint density at radius 3 is 2.38 bits per heavy atom. The molecule has 0 aliphatic carbocycles. The predicted molar refractivity (Wildman–Crippen MR) is 54.6 cm³/mol. The van der Waals surface area contributed by atoms with Gasteiger partial charge in [-0.1, -0.05) is 27.7 Å². The van der Waals surface area contributed by atoms with Crippen LogP contribution in [-0.4, -0.2) is 10.2 Å². The van der Waals surface area contributed by atoms with Crippen LogP contribution >= 0.6 is 0 Å². The van der Waals surface area contributed by atoms with Gasteiger partial charge < -0.3 is 0 Å². The van der Waals surface area contributed by atoms with Gasteiger partial charge in [0.2, 0.25) is 0 Å². The molecule has 0 fully saturated rings. The lowest BCUT2D eigenvalue weighted by Crippen LogP contribution is -2.16. The fraction of sp³-hybridized carbons (Fsp3) is 0.636. The molecule has 1 rings (SSSR count). The molecule has 13 heavy (non-hydrogen) atoms. The van der Waals surface area contributed by atoms with Gasteiger partial charge in [-0.2, -0.15) is 10.2 Å². The Hall–Kier alpha value is -0.920. The van der Waals surface area contributed by atoms with Crippen LogP contribution < -0.4 is 0 Å². The second kappa shape index (κ2) is 3.44. The van der Waals surface area contributed by atoms with Crippen molar-refractivity contribution in [2.45, 2.75) is 40.5 Å². The van der Waals surface area contributed by atoms with Crippen LogP contribution in [0.4, 0.5) is 0 Å². The fourth-order valence-electron chi connectivity index (χ4n) is 1.14. The summed E-state index contributed by atoms with van der Waals surface area (Å²) in [6, 6.07) is 2.11. The lowest BCUT2D eigenvalue weighted by molar-refractivity contribution is 0.332. The van der Waals surface area contributed by atoms with E-state index in [1.165, 1.54) is 5.56 Å². The van der Waals surface area contributed by atoms with Gasteiger partial charge >= 0.3 is 0 Å². The third-order valence-electron chi connectivity index (χ3n) is 2.55. The molecule has 0 aromatic carbocycles. The Balaban J connectivity index is 2.96. The highest BCUT2D eigenvalue weighted by Crippen LogP contribution is 2.32. The fourth-order valence-corrected chi connectivity index (χ4v) is 1.14. The van der Waals surface area contributed by atoms with Crippen molar-refractivity contribution in [1.29, 1.82) is 0 Å². The van der Waals surface area contributed by atoms with Crippen molar-refractivity contribution in [2.24, 2.45) is 5.41 Å². The van der Waals surface area contributed by atoms with Crippen LogP contribution in [0, 0.1) is 12.3 Å². The molecular weight excluding hydrogens is 160 g/mol. The number of rotatable bonds is 1. The molecule has 72 valence electrons. The van der Waals surface area contributed by atoms with E-state index < -0.39 is 0 Å². The summed E-state index contributed by atoms with van der Waals surface area (Å²) >= 11 is 0. The van der Waals surface area contributed by atoms with E-state index in [1.807, 2.05) is 6.92 Å². The van der Waals surface area contributed by atoms with Crippen molar-refractivity contribution >= 4 is 0 Å². The molecule has 0 aliphatic heterocycles.